The average Bonchev–Trinajstić information content (AvgIpc) is 2.98. The lowest BCUT2D eigenvalue weighted by Gasteiger charge is -2.58. The first-order chi connectivity index (χ1) is 14.4. The molecule has 2 fully saturated rings. The molecule has 0 saturated heterocycles. The standard InChI is InChI=1S/C25H36O6/c1-14(10-21(26)27)18-6-7-19-17-5-4-15-11-16(12-22(28)29)25(30,31)13-24(15,3)20(17)8-9-23(18,19)2/h4,11,14,17-20,30-31H,5-10,12-13H2,1-3H3,(H,26,27)(H,28,29)/t14?,17-,18+,19-,20-,23+,24-/m0/s1. The molecule has 0 aromatic heterocycles. The largest absolute Gasteiger partial charge is 0.481 e. The van der Waals surface area contributed by atoms with Crippen LogP contribution in [-0.2, 0) is 9.59 Å². The van der Waals surface area contributed by atoms with Gasteiger partial charge in [-0.05, 0) is 78.3 Å². The third-order valence-electron chi connectivity index (χ3n) is 9.58. The van der Waals surface area contributed by atoms with E-state index >= 15 is 0 Å². The van der Waals surface area contributed by atoms with Crippen molar-refractivity contribution in [3.8, 4) is 0 Å². The fourth-order valence-corrected chi connectivity index (χ4v) is 8.25. The quantitative estimate of drug-likeness (QED) is 0.489. The predicted molar refractivity (Wildman–Crippen MR) is 115 cm³/mol. The van der Waals surface area contributed by atoms with Gasteiger partial charge in [0.2, 0.25) is 0 Å². The van der Waals surface area contributed by atoms with Crippen molar-refractivity contribution in [2.45, 2.75) is 77.9 Å². The van der Waals surface area contributed by atoms with Gasteiger partial charge in [-0.3, -0.25) is 9.59 Å². The molecule has 0 spiro atoms. The summed E-state index contributed by atoms with van der Waals surface area (Å²) in [6.07, 6.45) is 9.05. The molecule has 0 heterocycles. The Kier molecular flexibility index (Phi) is 5.41. The average molecular weight is 433 g/mol. The summed E-state index contributed by atoms with van der Waals surface area (Å²) in [5.74, 6) is -2.03. The SMILES string of the molecule is CC(CC(=O)O)[C@H]1CC[C@H]2[C@@H]3CC=C4C=C(CC(=O)O)C(O)(O)C[C@]4(C)[C@H]3CC[C@]12C. The van der Waals surface area contributed by atoms with Crippen LogP contribution in [0.25, 0.3) is 0 Å². The van der Waals surface area contributed by atoms with E-state index in [1.54, 1.807) is 6.08 Å². The third kappa shape index (κ3) is 3.56. The van der Waals surface area contributed by atoms with Gasteiger partial charge >= 0.3 is 11.9 Å². The van der Waals surface area contributed by atoms with Crippen molar-refractivity contribution in [3.63, 3.8) is 0 Å². The lowest BCUT2D eigenvalue weighted by Crippen LogP contribution is -2.53. The Balaban J connectivity index is 1.64. The molecule has 0 radical (unpaired) electrons. The Morgan fingerprint density at radius 3 is 2.45 bits per heavy atom. The van der Waals surface area contributed by atoms with E-state index in [1.165, 1.54) is 0 Å². The zero-order valence-electron chi connectivity index (χ0n) is 18.8. The van der Waals surface area contributed by atoms with E-state index in [0.29, 0.717) is 23.7 Å². The van der Waals surface area contributed by atoms with Crippen LogP contribution < -0.4 is 0 Å². The predicted octanol–water partition coefficient (Wildman–Crippen LogP) is 3.98. The van der Waals surface area contributed by atoms with Crippen molar-refractivity contribution in [2.75, 3.05) is 0 Å². The number of carboxylic acids is 2. The molecule has 0 bridgehead atoms. The monoisotopic (exact) mass is 432 g/mol. The highest BCUT2D eigenvalue weighted by Gasteiger charge is 2.60. The molecule has 0 aromatic carbocycles. The first kappa shape index (κ1) is 22.5. The molecule has 7 atom stereocenters. The van der Waals surface area contributed by atoms with E-state index in [9.17, 15) is 30.0 Å². The van der Waals surface area contributed by atoms with E-state index in [2.05, 4.69) is 26.8 Å². The summed E-state index contributed by atoms with van der Waals surface area (Å²) in [6, 6.07) is 0. The zero-order valence-corrected chi connectivity index (χ0v) is 18.8. The Labute approximate surface area is 184 Å². The van der Waals surface area contributed by atoms with Crippen LogP contribution in [0, 0.1) is 40.4 Å². The number of allylic oxidation sites excluding steroid dienone is 3. The van der Waals surface area contributed by atoms with E-state index in [4.69, 9.17) is 0 Å². The number of hydrogen-bond donors (Lipinski definition) is 4. The molecule has 4 rings (SSSR count). The number of aliphatic hydroxyl groups is 2. The van der Waals surface area contributed by atoms with Crippen molar-refractivity contribution < 1.29 is 30.0 Å². The zero-order chi connectivity index (χ0) is 22.8. The molecule has 4 N–H and O–H groups in total. The maximum Gasteiger partial charge on any atom is 0.307 e. The summed E-state index contributed by atoms with van der Waals surface area (Å²) in [4.78, 5) is 22.5. The number of rotatable bonds is 5. The van der Waals surface area contributed by atoms with Crippen LogP contribution in [0.1, 0.15) is 72.1 Å². The summed E-state index contributed by atoms with van der Waals surface area (Å²) >= 11 is 0. The number of hydrogen-bond acceptors (Lipinski definition) is 4. The molecule has 2 saturated carbocycles. The van der Waals surface area contributed by atoms with Crippen LogP contribution in [-0.4, -0.2) is 38.2 Å². The summed E-state index contributed by atoms with van der Waals surface area (Å²) in [6.45, 7) is 6.56. The lowest BCUT2D eigenvalue weighted by atomic mass is 9.47. The molecule has 4 aliphatic rings. The third-order valence-corrected chi connectivity index (χ3v) is 9.58. The van der Waals surface area contributed by atoms with Crippen molar-refractivity contribution in [1.82, 2.24) is 0 Å². The lowest BCUT2D eigenvalue weighted by molar-refractivity contribution is -0.173. The summed E-state index contributed by atoms with van der Waals surface area (Å²) in [5.41, 5.74) is 0.972. The van der Waals surface area contributed by atoms with E-state index in [-0.39, 0.29) is 41.6 Å². The first-order valence-corrected chi connectivity index (χ1v) is 11.7. The van der Waals surface area contributed by atoms with Gasteiger partial charge in [-0.1, -0.05) is 32.9 Å². The molecule has 0 aliphatic heterocycles. The minimum Gasteiger partial charge on any atom is -0.481 e. The van der Waals surface area contributed by atoms with E-state index in [1.807, 2.05) is 0 Å². The van der Waals surface area contributed by atoms with Gasteiger partial charge in [0.1, 0.15) is 0 Å². The highest BCUT2D eigenvalue weighted by molar-refractivity contribution is 5.71. The van der Waals surface area contributed by atoms with Gasteiger partial charge in [-0.15, -0.1) is 0 Å². The number of carboxylic acid groups (broad SMARTS) is 2. The number of carbonyl (C=O) groups is 2. The first-order valence-electron chi connectivity index (χ1n) is 11.7. The summed E-state index contributed by atoms with van der Waals surface area (Å²) < 4.78 is 0. The van der Waals surface area contributed by atoms with Gasteiger partial charge in [-0.25, -0.2) is 0 Å². The van der Waals surface area contributed by atoms with Crippen molar-refractivity contribution in [2.24, 2.45) is 40.4 Å². The normalized spacial score (nSPS) is 41.8. The van der Waals surface area contributed by atoms with Crippen LogP contribution in [0.3, 0.4) is 0 Å². The van der Waals surface area contributed by atoms with Crippen LogP contribution in [0.4, 0.5) is 0 Å². The Morgan fingerprint density at radius 2 is 1.81 bits per heavy atom. The highest BCUT2D eigenvalue weighted by atomic mass is 16.5. The molecular weight excluding hydrogens is 396 g/mol. The second-order valence-corrected chi connectivity index (χ2v) is 11.2. The fraction of sp³-hybridized carbons (Fsp3) is 0.760. The summed E-state index contributed by atoms with van der Waals surface area (Å²) in [5, 5.41) is 40.0. The van der Waals surface area contributed by atoms with Gasteiger partial charge in [0.05, 0.1) is 6.42 Å². The smallest absolute Gasteiger partial charge is 0.307 e. The Morgan fingerprint density at radius 1 is 1.10 bits per heavy atom. The van der Waals surface area contributed by atoms with Gasteiger partial charge in [-0.2, -0.15) is 0 Å². The van der Waals surface area contributed by atoms with Gasteiger partial charge in [0, 0.05) is 18.3 Å². The minimum absolute atomic E-state index is 0.131. The van der Waals surface area contributed by atoms with Crippen molar-refractivity contribution >= 4 is 11.9 Å². The molecule has 31 heavy (non-hydrogen) atoms. The molecule has 0 amide bonds. The Hall–Kier alpha value is -1.66. The fourth-order valence-electron chi connectivity index (χ4n) is 8.25. The second kappa shape index (κ2) is 7.45. The molecule has 6 nitrogen and oxygen atoms in total. The van der Waals surface area contributed by atoms with Crippen molar-refractivity contribution in [1.29, 1.82) is 0 Å². The minimum atomic E-state index is -2.10. The summed E-state index contributed by atoms with van der Waals surface area (Å²) in [7, 11) is 0. The van der Waals surface area contributed by atoms with E-state index < -0.39 is 17.7 Å². The number of aliphatic carboxylic acids is 2. The van der Waals surface area contributed by atoms with Crippen LogP contribution in [0.5, 0.6) is 0 Å². The van der Waals surface area contributed by atoms with Crippen LogP contribution in [0.2, 0.25) is 0 Å². The second-order valence-electron chi connectivity index (χ2n) is 11.2. The molecular formula is C25H36O6. The van der Waals surface area contributed by atoms with Crippen LogP contribution >= 0.6 is 0 Å². The maximum absolute atomic E-state index is 11.3. The Bertz CT molecular complexity index is 841. The molecule has 1 unspecified atom stereocenters. The molecule has 4 aliphatic carbocycles. The highest BCUT2D eigenvalue weighted by Crippen LogP contribution is 2.67. The topological polar surface area (TPSA) is 115 Å². The molecule has 172 valence electrons. The van der Waals surface area contributed by atoms with Gasteiger partial charge in [0.15, 0.2) is 5.79 Å². The van der Waals surface area contributed by atoms with Crippen LogP contribution in [0.15, 0.2) is 23.3 Å². The number of fused-ring (bicyclic) bond motifs is 5. The molecule has 6 heteroatoms. The van der Waals surface area contributed by atoms with Gasteiger partial charge < -0.3 is 20.4 Å². The maximum atomic E-state index is 11.3. The van der Waals surface area contributed by atoms with E-state index in [0.717, 1.165) is 37.7 Å². The van der Waals surface area contributed by atoms with Gasteiger partial charge in [0.25, 0.3) is 0 Å². The van der Waals surface area contributed by atoms with Crippen molar-refractivity contribution in [3.05, 3.63) is 23.3 Å². The molecule has 0 aromatic rings.